The van der Waals surface area contributed by atoms with E-state index in [4.69, 9.17) is 0 Å². The van der Waals surface area contributed by atoms with E-state index in [1.807, 2.05) is 0 Å². The molecule has 0 aromatic heterocycles. The number of ether oxygens (including phenoxy) is 1. The molecule has 0 aromatic rings. The van der Waals surface area contributed by atoms with Crippen molar-refractivity contribution in [3.63, 3.8) is 0 Å². The van der Waals surface area contributed by atoms with Gasteiger partial charge in [-0.15, -0.1) is 0 Å². The van der Waals surface area contributed by atoms with E-state index in [-0.39, 0.29) is 6.33 Å². The highest BCUT2D eigenvalue weighted by atomic mass is 19.1. The van der Waals surface area contributed by atoms with Crippen molar-refractivity contribution in [3.8, 4) is 0 Å². The average molecular weight is 116 g/mol. The molecule has 0 aliphatic rings. The first-order chi connectivity index (χ1) is 3.83. The SMILES string of the molecule is C=CF.C=COC=C. The molecule has 0 saturated carbocycles. The third-order valence-corrected chi connectivity index (χ3v) is 0.192. The molecule has 0 amide bonds. The zero-order valence-corrected chi connectivity index (χ0v) is 4.64. The number of hydrogen-bond donors (Lipinski definition) is 0. The molecule has 0 aliphatic heterocycles. The third kappa shape index (κ3) is 85.6. The maximum atomic E-state index is 10.1. The summed E-state index contributed by atoms with van der Waals surface area (Å²) < 4.78 is 14.4. The summed E-state index contributed by atoms with van der Waals surface area (Å²) in [7, 11) is 0. The molecule has 0 atom stereocenters. The molecule has 1 nitrogen and oxygen atoms in total. The third-order valence-electron chi connectivity index (χ3n) is 0.192. The Morgan fingerprint density at radius 3 is 1.38 bits per heavy atom. The Kier molecular flexibility index (Phi) is 21.0. The summed E-state index contributed by atoms with van der Waals surface area (Å²) in [5.74, 6) is 0. The van der Waals surface area contributed by atoms with Gasteiger partial charge < -0.3 is 4.74 Å². The van der Waals surface area contributed by atoms with Crippen LogP contribution in [-0.4, -0.2) is 0 Å². The molecule has 0 saturated heterocycles. The fourth-order valence-electron chi connectivity index (χ4n) is 0.0680. The van der Waals surface area contributed by atoms with Crippen molar-refractivity contribution in [2.45, 2.75) is 0 Å². The number of halogens is 1. The minimum absolute atomic E-state index is 0.250. The van der Waals surface area contributed by atoms with Crippen molar-refractivity contribution >= 4 is 0 Å². The summed E-state index contributed by atoms with van der Waals surface area (Å²) in [5, 5.41) is 0. The van der Waals surface area contributed by atoms with Crippen molar-refractivity contribution in [3.05, 3.63) is 38.6 Å². The van der Waals surface area contributed by atoms with E-state index in [2.05, 4.69) is 24.5 Å². The molecule has 0 aromatic carbocycles. The zero-order valence-electron chi connectivity index (χ0n) is 4.64. The van der Waals surface area contributed by atoms with Crippen LogP contribution in [0.15, 0.2) is 38.6 Å². The number of hydrogen-bond acceptors (Lipinski definition) is 1. The topological polar surface area (TPSA) is 9.23 Å². The molecule has 0 bridgehead atoms. The quantitative estimate of drug-likeness (QED) is 0.503. The van der Waals surface area contributed by atoms with Gasteiger partial charge in [-0.2, -0.15) is 0 Å². The van der Waals surface area contributed by atoms with Crippen LogP contribution in [0.4, 0.5) is 4.39 Å². The van der Waals surface area contributed by atoms with E-state index in [9.17, 15) is 4.39 Å². The summed E-state index contributed by atoms with van der Waals surface area (Å²) in [6, 6.07) is 0. The molecule has 0 spiro atoms. The highest BCUT2D eigenvalue weighted by Gasteiger charge is 1.45. The van der Waals surface area contributed by atoms with Gasteiger partial charge in [-0.3, -0.25) is 0 Å². The Labute approximate surface area is 48.8 Å². The molecule has 46 valence electrons. The van der Waals surface area contributed by atoms with Gasteiger partial charge in [-0.05, 0) is 0 Å². The van der Waals surface area contributed by atoms with Gasteiger partial charge in [-0.1, -0.05) is 19.7 Å². The fraction of sp³-hybridized carbons (Fsp3) is 0. The smallest absolute Gasteiger partial charge is 0.0829 e. The van der Waals surface area contributed by atoms with E-state index in [0.717, 1.165) is 0 Å². The van der Waals surface area contributed by atoms with Gasteiger partial charge in [0.1, 0.15) is 0 Å². The summed E-state index contributed by atoms with van der Waals surface area (Å²) in [5.41, 5.74) is 0. The summed E-state index contributed by atoms with van der Waals surface area (Å²) in [6.45, 7) is 9.21. The zero-order chi connectivity index (χ0) is 6.83. The molecule has 0 radical (unpaired) electrons. The van der Waals surface area contributed by atoms with E-state index < -0.39 is 0 Å². The van der Waals surface area contributed by atoms with Gasteiger partial charge in [0.2, 0.25) is 0 Å². The second-order valence-corrected chi connectivity index (χ2v) is 0.624. The fourth-order valence-corrected chi connectivity index (χ4v) is 0.0680. The van der Waals surface area contributed by atoms with Gasteiger partial charge in [0.15, 0.2) is 0 Å². The van der Waals surface area contributed by atoms with Gasteiger partial charge in [0.05, 0.1) is 18.9 Å². The van der Waals surface area contributed by atoms with Gasteiger partial charge in [0, 0.05) is 0 Å². The molecular formula is C6H9FO. The first-order valence-corrected chi connectivity index (χ1v) is 1.91. The molecule has 0 heterocycles. The molecule has 0 rings (SSSR count). The summed E-state index contributed by atoms with van der Waals surface area (Å²) >= 11 is 0. The van der Waals surface area contributed by atoms with Crippen LogP contribution < -0.4 is 0 Å². The van der Waals surface area contributed by atoms with Crippen LogP contribution in [0, 0.1) is 0 Å². The molecule has 0 N–H and O–H groups in total. The standard InChI is InChI=1S/C4H6O.C2H3F/c1-3-5-4-2;1-2-3/h3-4H,1-2H2;2H,1H2. The highest BCUT2D eigenvalue weighted by molar-refractivity contribution is 4.57. The van der Waals surface area contributed by atoms with E-state index in [1.54, 1.807) is 0 Å². The lowest BCUT2D eigenvalue weighted by molar-refractivity contribution is 0.406. The molecule has 0 aliphatic carbocycles. The van der Waals surface area contributed by atoms with E-state index in [0.29, 0.717) is 0 Å². The second-order valence-electron chi connectivity index (χ2n) is 0.624. The minimum atomic E-state index is 0.250. The van der Waals surface area contributed by atoms with Crippen LogP contribution in [0.5, 0.6) is 0 Å². The van der Waals surface area contributed by atoms with Crippen LogP contribution >= 0.6 is 0 Å². The van der Waals surface area contributed by atoms with Gasteiger partial charge >= 0.3 is 0 Å². The molecule has 0 fully saturated rings. The van der Waals surface area contributed by atoms with Gasteiger partial charge in [0.25, 0.3) is 0 Å². The van der Waals surface area contributed by atoms with Crippen molar-refractivity contribution < 1.29 is 9.13 Å². The lowest BCUT2D eigenvalue weighted by Crippen LogP contribution is -1.52. The first-order valence-electron chi connectivity index (χ1n) is 1.91. The van der Waals surface area contributed by atoms with Crippen molar-refractivity contribution in [2.24, 2.45) is 0 Å². The average Bonchev–Trinajstić information content (AvgIpc) is 1.71. The normalized spacial score (nSPS) is 5.12. The lowest BCUT2D eigenvalue weighted by atomic mass is 11.1. The Morgan fingerprint density at radius 1 is 1.12 bits per heavy atom. The molecule has 0 unspecified atom stereocenters. The Balaban J connectivity index is 0. The van der Waals surface area contributed by atoms with Crippen molar-refractivity contribution in [2.75, 3.05) is 0 Å². The summed E-state index contributed by atoms with van der Waals surface area (Å²) in [4.78, 5) is 0. The van der Waals surface area contributed by atoms with Crippen molar-refractivity contribution in [1.82, 2.24) is 0 Å². The van der Waals surface area contributed by atoms with E-state index >= 15 is 0 Å². The van der Waals surface area contributed by atoms with Crippen LogP contribution in [0.1, 0.15) is 0 Å². The Morgan fingerprint density at radius 2 is 1.38 bits per heavy atom. The first kappa shape index (κ1) is 10.0. The van der Waals surface area contributed by atoms with Crippen LogP contribution in [0.2, 0.25) is 0 Å². The molecule has 8 heavy (non-hydrogen) atoms. The lowest BCUT2D eigenvalue weighted by Gasteiger charge is -1.76. The highest BCUT2D eigenvalue weighted by Crippen LogP contribution is 1.65. The predicted molar refractivity (Wildman–Crippen MR) is 32.8 cm³/mol. The Bertz CT molecular complexity index is 62.9. The maximum Gasteiger partial charge on any atom is 0.0829 e. The summed E-state index contributed by atoms with van der Waals surface area (Å²) in [6.07, 6.45) is 2.88. The second kappa shape index (κ2) is 16.8. The molecular weight excluding hydrogens is 107 g/mol. The van der Waals surface area contributed by atoms with Crippen LogP contribution in [-0.2, 0) is 4.74 Å². The maximum absolute atomic E-state index is 10.1. The van der Waals surface area contributed by atoms with Crippen molar-refractivity contribution in [1.29, 1.82) is 0 Å². The monoisotopic (exact) mass is 116 g/mol. The van der Waals surface area contributed by atoms with Crippen LogP contribution in [0.25, 0.3) is 0 Å². The molecule has 2 heteroatoms. The van der Waals surface area contributed by atoms with Gasteiger partial charge in [-0.25, -0.2) is 4.39 Å². The van der Waals surface area contributed by atoms with E-state index in [1.165, 1.54) is 12.5 Å². The predicted octanol–water partition coefficient (Wildman–Crippen LogP) is 2.39. The largest absolute Gasteiger partial charge is 0.474 e. The number of rotatable bonds is 2. The Hall–Kier alpha value is -1.05. The van der Waals surface area contributed by atoms with Crippen LogP contribution in [0.3, 0.4) is 0 Å². The minimum Gasteiger partial charge on any atom is -0.474 e.